The monoisotopic (exact) mass is 355 g/mol. The maximum atomic E-state index is 12.8. The number of hydrogen-bond acceptors (Lipinski definition) is 6. The third-order valence-corrected chi connectivity index (χ3v) is 4.06. The molecule has 1 heterocycles. The van der Waals surface area contributed by atoms with Gasteiger partial charge in [0, 0.05) is 5.69 Å². The zero-order valence-electron chi connectivity index (χ0n) is 15.2. The van der Waals surface area contributed by atoms with Crippen LogP contribution < -0.4 is 31.8 Å². The molecule has 7 heteroatoms. The van der Waals surface area contributed by atoms with Gasteiger partial charge in [0.2, 0.25) is 5.91 Å². The molecule has 2 aromatic carbocycles. The molecule has 138 valence electrons. The zero-order chi connectivity index (χ0) is 18.5. The highest BCUT2D eigenvalue weighted by Crippen LogP contribution is 2.24. The Hall–Kier alpha value is -2.61. The third-order valence-electron chi connectivity index (χ3n) is 4.06. The SMILES string of the molecule is CCOc1ccccc1NC(=O)C1NNNC1Nc1cc(C)cc(C)c1. The summed E-state index contributed by atoms with van der Waals surface area (Å²) in [6.07, 6.45) is -0.310. The number of rotatable bonds is 6. The van der Waals surface area contributed by atoms with Crippen molar-refractivity contribution in [1.29, 1.82) is 0 Å². The van der Waals surface area contributed by atoms with Crippen LogP contribution in [0.3, 0.4) is 0 Å². The second kappa shape index (κ2) is 8.18. The number of anilines is 2. The number of aryl methyl sites for hydroxylation is 2. The summed E-state index contributed by atoms with van der Waals surface area (Å²) in [7, 11) is 0. The lowest BCUT2D eigenvalue weighted by atomic mass is 10.1. The molecule has 0 bridgehead atoms. The lowest BCUT2D eigenvalue weighted by Crippen LogP contribution is -2.48. The van der Waals surface area contributed by atoms with Crippen molar-refractivity contribution in [3.8, 4) is 5.75 Å². The van der Waals surface area contributed by atoms with Gasteiger partial charge in [-0.25, -0.2) is 10.9 Å². The van der Waals surface area contributed by atoms with Crippen LogP contribution in [0.2, 0.25) is 0 Å². The fraction of sp³-hybridized carbons (Fsp3) is 0.316. The lowest BCUT2D eigenvalue weighted by Gasteiger charge is -2.21. The van der Waals surface area contributed by atoms with Gasteiger partial charge in [-0.3, -0.25) is 4.79 Å². The normalized spacial score (nSPS) is 19.2. The molecular weight excluding hydrogens is 330 g/mol. The number of para-hydroxylation sites is 2. The highest BCUT2D eigenvalue weighted by molar-refractivity contribution is 5.97. The van der Waals surface area contributed by atoms with Crippen LogP contribution in [0.1, 0.15) is 18.1 Å². The molecule has 5 N–H and O–H groups in total. The molecule has 2 unspecified atom stereocenters. The molecule has 1 aliphatic rings. The van der Waals surface area contributed by atoms with Gasteiger partial charge in [-0.1, -0.05) is 18.2 Å². The van der Waals surface area contributed by atoms with E-state index < -0.39 is 6.04 Å². The molecule has 1 aliphatic heterocycles. The molecule has 0 radical (unpaired) electrons. The Kier molecular flexibility index (Phi) is 5.72. The Morgan fingerprint density at radius 2 is 1.85 bits per heavy atom. The van der Waals surface area contributed by atoms with Gasteiger partial charge in [0.1, 0.15) is 18.0 Å². The van der Waals surface area contributed by atoms with Crippen LogP contribution in [0.25, 0.3) is 0 Å². The first-order chi connectivity index (χ1) is 12.6. The summed E-state index contributed by atoms with van der Waals surface area (Å²) in [5.74, 6) is 0.484. The summed E-state index contributed by atoms with van der Waals surface area (Å²) in [5, 5.41) is 6.28. The van der Waals surface area contributed by atoms with E-state index in [1.54, 1.807) is 0 Å². The minimum atomic E-state index is -0.509. The van der Waals surface area contributed by atoms with Crippen molar-refractivity contribution in [1.82, 2.24) is 16.4 Å². The second-order valence-corrected chi connectivity index (χ2v) is 6.31. The van der Waals surface area contributed by atoms with Crippen LogP contribution in [-0.2, 0) is 4.79 Å². The highest BCUT2D eigenvalue weighted by Gasteiger charge is 2.33. The first-order valence-electron chi connectivity index (χ1n) is 8.70. The topological polar surface area (TPSA) is 86.5 Å². The molecule has 3 rings (SSSR count). The average molecular weight is 355 g/mol. The fourth-order valence-corrected chi connectivity index (χ4v) is 3.00. The van der Waals surface area contributed by atoms with Crippen molar-refractivity contribution in [3.63, 3.8) is 0 Å². The van der Waals surface area contributed by atoms with E-state index in [0.717, 1.165) is 16.8 Å². The van der Waals surface area contributed by atoms with Gasteiger partial charge >= 0.3 is 0 Å². The minimum Gasteiger partial charge on any atom is -0.492 e. The van der Waals surface area contributed by atoms with E-state index in [2.05, 4.69) is 33.1 Å². The van der Waals surface area contributed by atoms with E-state index in [9.17, 15) is 4.79 Å². The van der Waals surface area contributed by atoms with Crippen molar-refractivity contribution < 1.29 is 9.53 Å². The molecule has 0 aromatic heterocycles. The van der Waals surface area contributed by atoms with Crippen LogP contribution in [0.4, 0.5) is 11.4 Å². The molecule has 0 saturated carbocycles. The van der Waals surface area contributed by atoms with Gasteiger partial charge in [0.25, 0.3) is 0 Å². The number of carbonyl (C=O) groups excluding carboxylic acids is 1. The van der Waals surface area contributed by atoms with E-state index >= 15 is 0 Å². The van der Waals surface area contributed by atoms with Crippen molar-refractivity contribution in [3.05, 3.63) is 53.6 Å². The van der Waals surface area contributed by atoms with Crippen molar-refractivity contribution >= 4 is 17.3 Å². The molecule has 1 fully saturated rings. The van der Waals surface area contributed by atoms with Crippen LogP contribution in [-0.4, -0.2) is 24.7 Å². The first kappa shape index (κ1) is 18.2. The van der Waals surface area contributed by atoms with E-state index in [1.807, 2.05) is 57.2 Å². The number of nitrogens with one attached hydrogen (secondary N) is 5. The van der Waals surface area contributed by atoms with Crippen molar-refractivity contribution in [2.75, 3.05) is 17.2 Å². The van der Waals surface area contributed by atoms with E-state index in [4.69, 9.17) is 4.74 Å². The van der Waals surface area contributed by atoms with Gasteiger partial charge < -0.3 is 15.4 Å². The largest absolute Gasteiger partial charge is 0.492 e. The quantitative estimate of drug-likeness (QED) is 0.545. The number of ether oxygens (including phenoxy) is 1. The van der Waals surface area contributed by atoms with Crippen LogP contribution >= 0.6 is 0 Å². The maximum Gasteiger partial charge on any atom is 0.246 e. The number of carbonyl (C=O) groups is 1. The fourth-order valence-electron chi connectivity index (χ4n) is 3.00. The molecule has 1 amide bonds. The summed E-state index contributed by atoms with van der Waals surface area (Å²) in [4.78, 5) is 12.8. The zero-order valence-corrected chi connectivity index (χ0v) is 15.2. The molecule has 7 nitrogen and oxygen atoms in total. The van der Waals surface area contributed by atoms with Gasteiger partial charge in [-0.15, -0.1) is 0 Å². The maximum absolute atomic E-state index is 12.8. The highest BCUT2D eigenvalue weighted by atomic mass is 16.5. The molecule has 2 aromatic rings. The Bertz CT molecular complexity index is 760. The average Bonchev–Trinajstić information content (AvgIpc) is 3.04. The predicted molar refractivity (Wildman–Crippen MR) is 103 cm³/mol. The van der Waals surface area contributed by atoms with E-state index in [0.29, 0.717) is 18.0 Å². The van der Waals surface area contributed by atoms with Gasteiger partial charge in [0.15, 0.2) is 0 Å². The van der Waals surface area contributed by atoms with Crippen LogP contribution in [0.15, 0.2) is 42.5 Å². The molecule has 0 spiro atoms. The lowest BCUT2D eigenvalue weighted by molar-refractivity contribution is -0.118. The molecular formula is C19H25N5O2. The van der Waals surface area contributed by atoms with Gasteiger partial charge in [-0.2, -0.15) is 5.53 Å². The number of benzene rings is 2. The first-order valence-corrected chi connectivity index (χ1v) is 8.70. The van der Waals surface area contributed by atoms with Crippen molar-refractivity contribution in [2.45, 2.75) is 33.0 Å². The van der Waals surface area contributed by atoms with Gasteiger partial charge in [-0.05, 0) is 56.2 Å². The number of hydrogen-bond donors (Lipinski definition) is 5. The minimum absolute atomic E-state index is 0.170. The standard InChI is InChI=1S/C19H25N5O2/c1-4-26-16-8-6-5-7-15(16)21-19(25)17-18(23-24-22-17)20-14-10-12(2)9-13(3)11-14/h5-11,17-18,20,22-24H,4H2,1-3H3,(H,21,25). The summed E-state index contributed by atoms with van der Waals surface area (Å²) in [5.41, 5.74) is 12.7. The molecule has 1 saturated heterocycles. The molecule has 26 heavy (non-hydrogen) atoms. The second-order valence-electron chi connectivity index (χ2n) is 6.31. The Morgan fingerprint density at radius 1 is 1.12 bits per heavy atom. The number of hydrazine groups is 2. The number of amides is 1. The predicted octanol–water partition coefficient (Wildman–Crippen LogP) is 2.06. The molecule has 0 aliphatic carbocycles. The van der Waals surface area contributed by atoms with Crippen molar-refractivity contribution in [2.24, 2.45) is 0 Å². The Morgan fingerprint density at radius 3 is 2.58 bits per heavy atom. The Balaban J connectivity index is 1.70. The molecule has 2 atom stereocenters. The summed E-state index contributed by atoms with van der Waals surface area (Å²) in [6, 6.07) is 13.1. The Labute approximate surface area is 153 Å². The summed E-state index contributed by atoms with van der Waals surface area (Å²) >= 11 is 0. The van der Waals surface area contributed by atoms with Crippen LogP contribution in [0, 0.1) is 13.8 Å². The van der Waals surface area contributed by atoms with Gasteiger partial charge in [0.05, 0.1) is 12.3 Å². The smallest absolute Gasteiger partial charge is 0.246 e. The third kappa shape index (κ3) is 4.32. The van der Waals surface area contributed by atoms with Crippen LogP contribution in [0.5, 0.6) is 5.75 Å². The van der Waals surface area contributed by atoms with E-state index in [1.165, 1.54) is 0 Å². The van der Waals surface area contributed by atoms with E-state index in [-0.39, 0.29) is 12.1 Å². The summed E-state index contributed by atoms with van der Waals surface area (Å²) < 4.78 is 5.57. The summed E-state index contributed by atoms with van der Waals surface area (Å²) in [6.45, 7) is 6.54.